The van der Waals surface area contributed by atoms with Crippen LogP contribution in [0.4, 0.5) is 4.79 Å². The molecule has 2 amide bonds. The molecule has 3 N–H and O–H groups in total. The van der Waals surface area contributed by atoms with Crippen molar-refractivity contribution in [2.45, 2.75) is 129 Å². The third-order valence-corrected chi connectivity index (χ3v) is 7.77. The molecule has 0 bridgehead atoms. The second-order valence-corrected chi connectivity index (χ2v) is 12.9. The summed E-state index contributed by atoms with van der Waals surface area (Å²) in [6.45, 7) is 17.4. The number of aliphatic carboxylic acids is 1. The monoisotopic (exact) mass is 525 g/mol. The molecular weight excluding hydrogens is 477 g/mol. The van der Waals surface area contributed by atoms with Crippen molar-refractivity contribution in [1.82, 2.24) is 15.5 Å². The zero-order chi connectivity index (χ0) is 28.4. The molecule has 2 aliphatic rings. The molecule has 2 aliphatic heterocycles. The molecule has 0 saturated carbocycles. The highest BCUT2D eigenvalue weighted by Gasteiger charge is 2.51. The molecule has 212 valence electrons. The van der Waals surface area contributed by atoms with Crippen molar-refractivity contribution in [3.63, 3.8) is 0 Å². The number of unbranched alkanes of at least 4 members (excludes halogenated alkanes) is 1. The molecule has 0 radical (unpaired) electrons. The fourth-order valence-electron chi connectivity index (χ4n) is 4.76. The van der Waals surface area contributed by atoms with Crippen molar-refractivity contribution < 1.29 is 33.5 Å². The maximum absolute atomic E-state index is 13.3. The molecule has 0 aliphatic carbocycles. The molecule has 0 spiro atoms. The third-order valence-electron chi connectivity index (χ3n) is 7.77. The lowest BCUT2D eigenvalue weighted by atomic mass is 9.80. The average molecular weight is 525 g/mol. The number of hydrogen-bond donors (Lipinski definition) is 3. The Balaban J connectivity index is 1.95. The van der Waals surface area contributed by atoms with Gasteiger partial charge in [0.25, 0.3) is 0 Å². The van der Waals surface area contributed by atoms with Crippen molar-refractivity contribution in [3.8, 4) is 0 Å². The van der Waals surface area contributed by atoms with Crippen LogP contribution in [-0.2, 0) is 23.6 Å². The number of likely N-dealkylation sites (N-methyl/N-ethyl adjacent to an activating group) is 1. The molecule has 0 aromatic carbocycles. The van der Waals surface area contributed by atoms with Gasteiger partial charge in [-0.25, -0.2) is 4.79 Å². The molecule has 2 heterocycles. The summed E-state index contributed by atoms with van der Waals surface area (Å²) in [6, 6.07) is -1.09. The summed E-state index contributed by atoms with van der Waals surface area (Å²) in [7, 11) is 1.36. The largest absolute Gasteiger partial charge is 0.480 e. The van der Waals surface area contributed by atoms with Gasteiger partial charge in [0.1, 0.15) is 17.2 Å². The summed E-state index contributed by atoms with van der Waals surface area (Å²) in [4.78, 5) is 39.5. The van der Waals surface area contributed by atoms with Gasteiger partial charge in [-0.2, -0.15) is 0 Å². The van der Waals surface area contributed by atoms with Crippen molar-refractivity contribution in [1.29, 1.82) is 0 Å². The molecule has 37 heavy (non-hydrogen) atoms. The number of ether oxygens (including phenoxy) is 1. The number of nitrogens with one attached hydrogen (secondary N) is 2. The highest BCUT2D eigenvalue weighted by atomic mass is 16.7. The first-order chi connectivity index (χ1) is 16.8. The predicted octanol–water partition coefficient (Wildman–Crippen LogP) is 3.44. The molecule has 0 aromatic heterocycles. The first-order valence-corrected chi connectivity index (χ1v) is 13.4. The van der Waals surface area contributed by atoms with Gasteiger partial charge in [-0.15, -0.1) is 0 Å². The highest BCUT2D eigenvalue weighted by molar-refractivity contribution is 6.45. The predicted molar refractivity (Wildman–Crippen MR) is 142 cm³/mol. The highest BCUT2D eigenvalue weighted by Crippen LogP contribution is 2.38. The minimum absolute atomic E-state index is 0.170. The third kappa shape index (κ3) is 7.83. The van der Waals surface area contributed by atoms with Crippen LogP contribution >= 0.6 is 0 Å². The van der Waals surface area contributed by atoms with E-state index in [0.29, 0.717) is 25.7 Å². The summed E-state index contributed by atoms with van der Waals surface area (Å²) in [6.07, 6.45) is 2.21. The fourth-order valence-corrected chi connectivity index (χ4v) is 4.76. The summed E-state index contributed by atoms with van der Waals surface area (Å²) < 4.78 is 17.4. The Kier molecular flexibility index (Phi) is 9.75. The van der Waals surface area contributed by atoms with Crippen LogP contribution in [0.1, 0.15) is 88.0 Å². The van der Waals surface area contributed by atoms with Gasteiger partial charge in [-0.3, -0.25) is 14.9 Å². The summed E-state index contributed by atoms with van der Waals surface area (Å²) in [5.41, 5.74) is -2.56. The topological polar surface area (TPSA) is 126 Å². The zero-order valence-electron chi connectivity index (χ0n) is 24.4. The number of carboxylic acid groups (broad SMARTS) is 1. The van der Waals surface area contributed by atoms with E-state index in [1.807, 2.05) is 41.5 Å². The Hall–Kier alpha value is -1.85. The normalized spacial score (nSPS) is 25.7. The van der Waals surface area contributed by atoms with E-state index < -0.39 is 29.2 Å². The second kappa shape index (κ2) is 11.5. The SMILES string of the molecule is CC(C)[C@H](NC(=O)OC(C)(C)C)C(=O)N(C)[C@H]1CN[C@](CCCCB2OC(C)(C)C(C)(C)O2)(C(=O)O)C1. The van der Waals surface area contributed by atoms with E-state index in [-0.39, 0.29) is 42.6 Å². The van der Waals surface area contributed by atoms with Crippen molar-refractivity contribution in [2.75, 3.05) is 13.6 Å². The van der Waals surface area contributed by atoms with Crippen LogP contribution in [0.2, 0.25) is 6.32 Å². The van der Waals surface area contributed by atoms with Gasteiger partial charge in [0.05, 0.1) is 11.2 Å². The maximum atomic E-state index is 13.3. The fraction of sp³-hybridized carbons (Fsp3) is 0.885. The van der Waals surface area contributed by atoms with Crippen molar-refractivity contribution in [2.24, 2.45) is 5.92 Å². The summed E-state index contributed by atoms with van der Waals surface area (Å²) >= 11 is 0. The van der Waals surface area contributed by atoms with Crippen LogP contribution in [0.3, 0.4) is 0 Å². The number of amides is 2. The van der Waals surface area contributed by atoms with Crippen molar-refractivity contribution in [3.05, 3.63) is 0 Å². The van der Waals surface area contributed by atoms with Gasteiger partial charge >= 0.3 is 19.2 Å². The van der Waals surface area contributed by atoms with Gasteiger partial charge in [0, 0.05) is 19.6 Å². The zero-order valence-corrected chi connectivity index (χ0v) is 24.4. The number of carbonyl (C=O) groups excluding carboxylic acids is 2. The Labute approximate surface area is 222 Å². The van der Waals surface area contributed by atoms with Gasteiger partial charge in [0.15, 0.2) is 0 Å². The van der Waals surface area contributed by atoms with Gasteiger partial charge in [-0.05, 0) is 73.5 Å². The second-order valence-electron chi connectivity index (χ2n) is 12.9. The molecule has 0 aromatic rings. The van der Waals surface area contributed by atoms with E-state index >= 15 is 0 Å². The number of carbonyl (C=O) groups is 3. The van der Waals surface area contributed by atoms with Crippen molar-refractivity contribution >= 4 is 25.1 Å². The molecular formula is C26H48BN3O7. The molecule has 0 unspecified atom stereocenters. The van der Waals surface area contributed by atoms with Crippen LogP contribution in [0.25, 0.3) is 0 Å². The molecule has 2 fully saturated rings. The quantitative estimate of drug-likeness (QED) is 0.293. The minimum atomic E-state index is -1.11. The van der Waals surface area contributed by atoms with Crippen LogP contribution in [-0.4, -0.2) is 83.1 Å². The molecule has 10 nitrogen and oxygen atoms in total. The standard InChI is InChI=1S/C26H48BN3O7/c1-17(2)19(29-22(34)35-23(3,4)5)20(31)30(10)18-15-26(21(32)33,28-16-18)13-11-12-14-27-36-24(6,7)25(8,9)37-27/h17-19,28H,11-16H2,1-10H3,(H,29,34)(H,32,33)/t18-,19+,26+/m1/s1. The van der Waals surface area contributed by atoms with Gasteiger partial charge in [0.2, 0.25) is 5.91 Å². The lowest BCUT2D eigenvalue weighted by Gasteiger charge is -2.32. The minimum Gasteiger partial charge on any atom is -0.480 e. The number of carboxylic acids is 1. The molecule has 2 saturated heterocycles. The van der Waals surface area contributed by atoms with Crippen LogP contribution in [0, 0.1) is 5.92 Å². The maximum Gasteiger partial charge on any atom is 0.457 e. The van der Waals surface area contributed by atoms with E-state index in [0.717, 1.165) is 6.42 Å². The first-order valence-electron chi connectivity index (χ1n) is 13.4. The summed E-state index contributed by atoms with van der Waals surface area (Å²) in [5, 5.41) is 16.0. The van der Waals surface area contributed by atoms with Crippen LogP contribution in [0.15, 0.2) is 0 Å². The van der Waals surface area contributed by atoms with E-state index in [9.17, 15) is 19.5 Å². The summed E-state index contributed by atoms with van der Waals surface area (Å²) in [5.74, 6) is -1.36. The Morgan fingerprint density at radius 2 is 1.70 bits per heavy atom. The van der Waals surface area contributed by atoms with Gasteiger partial charge in [-0.1, -0.05) is 26.7 Å². The van der Waals surface area contributed by atoms with E-state index in [4.69, 9.17) is 14.0 Å². The first kappa shape index (κ1) is 31.4. The Morgan fingerprint density at radius 1 is 1.14 bits per heavy atom. The van der Waals surface area contributed by atoms with Crippen LogP contribution in [0.5, 0.6) is 0 Å². The average Bonchev–Trinajstić information content (AvgIpc) is 3.25. The lowest BCUT2D eigenvalue weighted by molar-refractivity contribution is -0.145. The Bertz CT molecular complexity index is 827. The smallest absolute Gasteiger partial charge is 0.457 e. The molecule has 2 rings (SSSR count). The number of hydrogen-bond acceptors (Lipinski definition) is 7. The van der Waals surface area contributed by atoms with E-state index in [1.165, 1.54) is 0 Å². The molecule has 3 atom stereocenters. The molecule has 11 heteroatoms. The number of rotatable bonds is 10. The van der Waals surface area contributed by atoms with E-state index in [1.54, 1.807) is 32.7 Å². The number of nitrogens with zero attached hydrogens (tertiary/aromatic N) is 1. The van der Waals surface area contributed by atoms with Crippen LogP contribution < -0.4 is 10.6 Å². The van der Waals surface area contributed by atoms with E-state index in [2.05, 4.69) is 10.6 Å². The Morgan fingerprint density at radius 3 is 2.19 bits per heavy atom. The lowest BCUT2D eigenvalue weighted by Crippen LogP contribution is -2.53. The number of alkyl carbamates (subject to hydrolysis) is 1. The van der Waals surface area contributed by atoms with Gasteiger partial charge < -0.3 is 29.4 Å².